The van der Waals surface area contributed by atoms with E-state index in [9.17, 15) is 9.59 Å². The average molecular weight is 356 g/mol. The first-order valence-corrected chi connectivity index (χ1v) is 8.36. The van der Waals surface area contributed by atoms with E-state index in [1.807, 2.05) is 40.9 Å². The lowest BCUT2D eigenvalue weighted by Gasteiger charge is -2.08. The quantitative estimate of drug-likeness (QED) is 0.587. The van der Waals surface area contributed by atoms with Gasteiger partial charge in [0.15, 0.2) is 0 Å². The standard InChI is InChI=1S/C21H16N4O2/c22-20(26)16-8-4-5-9-17(16)24-21(27)15-10-11-25-13-18(23-19(25)12-15)14-6-2-1-3-7-14/h1-13H,(H2,22,26)(H,24,27). The Kier molecular flexibility index (Phi) is 4.14. The van der Waals surface area contributed by atoms with E-state index in [4.69, 9.17) is 5.73 Å². The van der Waals surface area contributed by atoms with E-state index < -0.39 is 5.91 Å². The number of hydrogen-bond donors (Lipinski definition) is 2. The zero-order chi connectivity index (χ0) is 18.8. The van der Waals surface area contributed by atoms with Gasteiger partial charge in [0.25, 0.3) is 11.8 Å². The predicted molar refractivity (Wildman–Crippen MR) is 104 cm³/mol. The molecule has 0 aliphatic heterocycles. The summed E-state index contributed by atoms with van der Waals surface area (Å²) in [6.07, 6.45) is 3.69. The van der Waals surface area contributed by atoms with Gasteiger partial charge in [-0.15, -0.1) is 0 Å². The van der Waals surface area contributed by atoms with Crippen LogP contribution >= 0.6 is 0 Å². The van der Waals surface area contributed by atoms with E-state index in [0.717, 1.165) is 11.3 Å². The maximum Gasteiger partial charge on any atom is 0.255 e. The molecule has 2 heterocycles. The van der Waals surface area contributed by atoms with Gasteiger partial charge < -0.3 is 15.5 Å². The number of rotatable bonds is 4. The SMILES string of the molecule is NC(=O)c1ccccc1NC(=O)c1ccn2cc(-c3ccccc3)nc2c1. The van der Waals surface area contributed by atoms with E-state index in [2.05, 4.69) is 10.3 Å². The van der Waals surface area contributed by atoms with Crippen molar-refractivity contribution in [1.82, 2.24) is 9.38 Å². The topological polar surface area (TPSA) is 89.5 Å². The van der Waals surface area contributed by atoms with Crippen LogP contribution in [-0.4, -0.2) is 21.2 Å². The van der Waals surface area contributed by atoms with Gasteiger partial charge in [0.1, 0.15) is 5.65 Å². The number of pyridine rings is 1. The molecular weight excluding hydrogens is 340 g/mol. The molecule has 6 heteroatoms. The van der Waals surface area contributed by atoms with Gasteiger partial charge in [-0.05, 0) is 24.3 Å². The number of nitrogens with one attached hydrogen (secondary N) is 1. The first kappa shape index (κ1) is 16.5. The van der Waals surface area contributed by atoms with Crippen LogP contribution in [0.25, 0.3) is 16.9 Å². The largest absolute Gasteiger partial charge is 0.366 e. The number of primary amides is 1. The zero-order valence-corrected chi connectivity index (χ0v) is 14.3. The molecule has 0 saturated heterocycles. The van der Waals surface area contributed by atoms with Gasteiger partial charge >= 0.3 is 0 Å². The normalized spacial score (nSPS) is 10.7. The fourth-order valence-corrected chi connectivity index (χ4v) is 2.87. The minimum absolute atomic E-state index is 0.263. The average Bonchev–Trinajstić information content (AvgIpc) is 3.12. The first-order valence-electron chi connectivity index (χ1n) is 8.36. The Balaban J connectivity index is 1.64. The van der Waals surface area contributed by atoms with Gasteiger partial charge in [-0.3, -0.25) is 9.59 Å². The molecule has 0 unspecified atom stereocenters. The number of benzene rings is 2. The number of nitrogens with two attached hydrogens (primary N) is 1. The van der Waals surface area contributed by atoms with Crippen LogP contribution in [-0.2, 0) is 0 Å². The van der Waals surface area contributed by atoms with Crippen LogP contribution in [0.1, 0.15) is 20.7 Å². The van der Waals surface area contributed by atoms with Gasteiger partial charge in [-0.1, -0.05) is 42.5 Å². The smallest absolute Gasteiger partial charge is 0.255 e. The van der Waals surface area contributed by atoms with E-state index in [1.165, 1.54) is 0 Å². The van der Waals surface area contributed by atoms with Crippen LogP contribution in [0, 0.1) is 0 Å². The third kappa shape index (κ3) is 3.28. The number of amides is 2. The maximum absolute atomic E-state index is 12.6. The van der Waals surface area contributed by atoms with Crippen LogP contribution in [0.3, 0.4) is 0 Å². The molecule has 132 valence electrons. The molecule has 2 amide bonds. The number of hydrogen-bond acceptors (Lipinski definition) is 3. The summed E-state index contributed by atoms with van der Waals surface area (Å²) in [7, 11) is 0. The Morgan fingerprint density at radius 2 is 1.70 bits per heavy atom. The molecule has 4 rings (SSSR count). The van der Waals surface area contributed by atoms with E-state index in [0.29, 0.717) is 16.9 Å². The summed E-state index contributed by atoms with van der Waals surface area (Å²) in [5.41, 5.74) is 8.92. The number of nitrogens with zero attached hydrogens (tertiary/aromatic N) is 2. The highest BCUT2D eigenvalue weighted by atomic mass is 16.2. The van der Waals surface area contributed by atoms with Gasteiger partial charge in [-0.25, -0.2) is 4.98 Å². The molecule has 0 bridgehead atoms. The summed E-state index contributed by atoms with van der Waals surface area (Å²) >= 11 is 0. The fraction of sp³-hybridized carbons (Fsp3) is 0. The van der Waals surface area contributed by atoms with Crippen LogP contribution in [0.15, 0.2) is 79.1 Å². The maximum atomic E-state index is 12.6. The molecule has 0 radical (unpaired) electrons. The molecule has 27 heavy (non-hydrogen) atoms. The first-order chi connectivity index (χ1) is 13.1. The Bertz CT molecular complexity index is 1150. The number of aromatic nitrogens is 2. The number of fused-ring (bicyclic) bond motifs is 1. The Morgan fingerprint density at radius 1 is 0.963 bits per heavy atom. The zero-order valence-electron chi connectivity index (χ0n) is 14.3. The van der Waals surface area contributed by atoms with Gasteiger partial charge in [-0.2, -0.15) is 0 Å². The monoisotopic (exact) mass is 356 g/mol. The van der Waals surface area contributed by atoms with Gasteiger partial charge in [0, 0.05) is 23.5 Å². The molecule has 0 fully saturated rings. The molecule has 0 aliphatic rings. The molecule has 3 N–H and O–H groups in total. The van der Waals surface area contributed by atoms with Crippen LogP contribution in [0.2, 0.25) is 0 Å². The second-order valence-electron chi connectivity index (χ2n) is 6.04. The van der Waals surface area contributed by atoms with E-state index >= 15 is 0 Å². The fourth-order valence-electron chi connectivity index (χ4n) is 2.87. The molecule has 6 nitrogen and oxygen atoms in total. The highest BCUT2D eigenvalue weighted by Crippen LogP contribution is 2.20. The van der Waals surface area contributed by atoms with Crippen molar-refractivity contribution in [2.75, 3.05) is 5.32 Å². The van der Waals surface area contributed by atoms with Crippen molar-refractivity contribution in [3.63, 3.8) is 0 Å². The lowest BCUT2D eigenvalue weighted by Crippen LogP contribution is -2.18. The number of carbonyl (C=O) groups is 2. The van der Waals surface area contributed by atoms with Crippen molar-refractivity contribution < 1.29 is 9.59 Å². The van der Waals surface area contributed by atoms with Crippen molar-refractivity contribution in [2.45, 2.75) is 0 Å². The summed E-state index contributed by atoms with van der Waals surface area (Å²) in [4.78, 5) is 28.7. The molecule has 2 aromatic carbocycles. The number of imidazole rings is 1. The predicted octanol–water partition coefficient (Wildman–Crippen LogP) is 3.35. The Morgan fingerprint density at radius 3 is 2.48 bits per heavy atom. The number of carbonyl (C=O) groups excluding carboxylic acids is 2. The van der Waals surface area contributed by atoms with Crippen LogP contribution < -0.4 is 11.1 Å². The Labute approximate surface area is 155 Å². The lowest BCUT2D eigenvalue weighted by atomic mass is 10.1. The van der Waals surface area contributed by atoms with Crippen molar-refractivity contribution in [1.29, 1.82) is 0 Å². The van der Waals surface area contributed by atoms with Crippen molar-refractivity contribution in [3.05, 3.63) is 90.3 Å². The summed E-state index contributed by atoms with van der Waals surface area (Å²) in [5.74, 6) is -0.933. The molecule has 0 atom stereocenters. The van der Waals surface area contributed by atoms with Crippen LogP contribution in [0.4, 0.5) is 5.69 Å². The lowest BCUT2D eigenvalue weighted by molar-refractivity contribution is 0.100. The molecule has 2 aromatic heterocycles. The highest BCUT2D eigenvalue weighted by Gasteiger charge is 2.13. The van der Waals surface area contributed by atoms with E-state index in [-0.39, 0.29) is 11.5 Å². The van der Waals surface area contributed by atoms with Crippen molar-refractivity contribution >= 4 is 23.1 Å². The molecule has 0 saturated carbocycles. The van der Waals surface area contributed by atoms with Gasteiger partial charge in [0.05, 0.1) is 16.9 Å². The van der Waals surface area contributed by atoms with Crippen molar-refractivity contribution in [3.8, 4) is 11.3 Å². The number of anilines is 1. The summed E-state index contributed by atoms with van der Waals surface area (Å²) in [6, 6.07) is 19.9. The molecule has 0 aliphatic carbocycles. The second kappa shape index (κ2) is 6.76. The van der Waals surface area contributed by atoms with Crippen LogP contribution in [0.5, 0.6) is 0 Å². The van der Waals surface area contributed by atoms with Crippen molar-refractivity contribution in [2.24, 2.45) is 5.73 Å². The highest BCUT2D eigenvalue weighted by molar-refractivity contribution is 6.09. The minimum Gasteiger partial charge on any atom is -0.366 e. The second-order valence-corrected chi connectivity index (χ2v) is 6.04. The third-order valence-electron chi connectivity index (χ3n) is 4.23. The van der Waals surface area contributed by atoms with Gasteiger partial charge in [0.2, 0.25) is 0 Å². The Hall–Kier alpha value is -3.93. The molecular formula is C21H16N4O2. The summed E-state index contributed by atoms with van der Waals surface area (Å²) in [6.45, 7) is 0. The summed E-state index contributed by atoms with van der Waals surface area (Å²) in [5, 5.41) is 2.73. The molecule has 0 spiro atoms. The minimum atomic E-state index is -0.595. The number of para-hydroxylation sites is 1. The summed E-state index contributed by atoms with van der Waals surface area (Å²) < 4.78 is 1.86. The van der Waals surface area contributed by atoms with E-state index in [1.54, 1.807) is 42.6 Å². The molecule has 4 aromatic rings. The third-order valence-corrected chi connectivity index (χ3v) is 4.23.